The fourth-order valence-corrected chi connectivity index (χ4v) is 2.76. The predicted molar refractivity (Wildman–Crippen MR) is 101 cm³/mol. The fraction of sp³-hybridized carbons (Fsp3) is 0.211. The Morgan fingerprint density at radius 2 is 1.90 bits per heavy atom. The number of non-ortho nitro benzene ring substituents is 1. The van der Waals surface area contributed by atoms with Gasteiger partial charge in [0.2, 0.25) is 5.91 Å². The van der Waals surface area contributed by atoms with Crippen LogP contribution in [0.15, 0.2) is 51.7 Å². The zero-order valence-electron chi connectivity index (χ0n) is 15.2. The van der Waals surface area contributed by atoms with Gasteiger partial charge in [0.15, 0.2) is 5.58 Å². The molecule has 0 unspecified atom stereocenters. The first-order valence-corrected chi connectivity index (χ1v) is 8.67. The molecule has 0 atom stereocenters. The van der Waals surface area contributed by atoms with Gasteiger partial charge < -0.3 is 14.9 Å². The number of nitro benzene ring substituents is 1. The molecule has 150 valence electrons. The van der Waals surface area contributed by atoms with Crippen LogP contribution in [0.25, 0.3) is 11.1 Å². The third kappa shape index (κ3) is 4.67. The smallest absolute Gasteiger partial charge is 0.419 e. The van der Waals surface area contributed by atoms with Gasteiger partial charge in [0.1, 0.15) is 6.61 Å². The Morgan fingerprint density at radius 1 is 1.17 bits per heavy atom. The number of nitrogens with zero attached hydrogens (tertiary/aromatic N) is 2. The maximum Gasteiger partial charge on any atom is 0.419 e. The van der Waals surface area contributed by atoms with Gasteiger partial charge in [-0.15, -0.1) is 0 Å². The van der Waals surface area contributed by atoms with Crippen molar-refractivity contribution < 1.29 is 23.7 Å². The number of benzene rings is 2. The van der Waals surface area contributed by atoms with Gasteiger partial charge in [0.05, 0.1) is 16.5 Å². The molecule has 3 rings (SSSR count). The molecule has 2 aromatic carbocycles. The van der Waals surface area contributed by atoms with Crippen LogP contribution in [0.5, 0.6) is 0 Å². The molecule has 0 fully saturated rings. The number of rotatable bonds is 8. The molecule has 0 aliphatic rings. The van der Waals surface area contributed by atoms with Crippen molar-refractivity contribution in [2.24, 2.45) is 5.73 Å². The number of nitro groups is 1. The average Bonchev–Trinajstić information content (AvgIpc) is 3.01. The third-order valence-electron chi connectivity index (χ3n) is 4.26. The second kappa shape index (κ2) is 8.38. The van der Waals surface area contributed by atoms with Crippen LogP contribution < -0.4 is 11.5 Å². The summed E-state index contributed by atoms with van der Waals surface area (Å²) in [6, 6.07) is 10.3. The molecule has 29 heavy (non-hydrogen) atoms. The van der Waals surface area contributed by atoms with Crippen LogP contribution in [0, 0.1) is 10.1 Å². The third-order valence-corrected chi connectivity index (χ3v) is 4.26. The number of aryl methyl sites for hydroxylation is 1. The van der Waals surface area contributed by atoms with E-state index in [-0.39, 0.29) is 30.8 Å². The summed E-state index contributed by atoms with van der Waals surface area (Å²) in [7, 11) is 0. The lowest BCUT2D eigenvalue weighted by molar-refractivity contribution is -0.384. The zero-order valence-corrected chi connectivity index (χ0v) is 15.2. The van der Waals surface area contributed by atoms with Gasteiger partial charge in [0.25, 0.3) is 5.69 Å². The largest absolute Gasteiger partial charge is 0.461 e. The van der Waals surface area contributed by atoms with E-state index in [1.165, 1.54) is 22.8 Å². The summed E-state index contributed by atoms with van der Waals surface area (Å²) in [5.74, 6) is -1.63. The summed E-state index contributed by atoms with van der Waals surface area (Å²) >= 11 is 0. The van der Waals surface area contributed by atoms with Gasteiger partial charge in [-0.25, -0.2) is 4.79 Å². The molecule has 2 N–H and O–H groups in total. The average molecular weight is 399 g/mol. The van der Waals surface area contributed by atoms with E-state index in [4.69, 9.17) is 14.9 Å². The van der Waals surface area contributed by atoms with Crippen molar-refractivity contribution in [1.29, 1.82) is 0 Å². The summed E-state index contributed by atoms with van der Waals surface area (Å²) in [5.41, 5.74) is 6.60. The maximum atomic E-state index is 12.0. The van der Waals surface area contributed by atoms with E-state index in [0.717, 1.165) is 0 Å². The lowest BCUT2D eigenvalue weighted by Crippen LogP contribution is -2.15. The SMILES string of the molecule is NC(=O)c1ccc(COC(=O)CCCn2c(=O)oc3cc([N+](=O)[O-])ccc32)cc1. The molecule has 0 aliphatic heterocycles. The Balaban J connectivity index is 1.53. The van der Waals surface area contributed by atoms with E-state index in [1.807, 2.05) is 0 Å². The van der Waals surface area contributed by atoms with E-state index in [1.54, 1.807) is 24.3 Å². The Bertz CT molecular complexity index is 1130. The number of carbonyl (C=O) groups excluding carboxylic acids is 2. The second-order valence-electron chi connectivity index (χ2n) is 6.25. The fourth-order valence-electron chi connectivity index (χ4n) is 2.76. The summed E-state index contributed by atoms with van der Waals surface area (Å²) in [5, 5.41) is 10.8. The van der Waals surface area contributed by atoms with Gasteiger partial charge in [-0.1, -0.05) is 12.1 Å². The number of esters is 1. The van der Waals surface area contributed by atoms with Crippen LogP contribution in [0.1, 0.15) is 28.8 Å². The summed E-state index contributed by atoms with van der Waals surface area (Å²) in [4.78, 5) is 45.1. The first kappa shape index (κ1) is 19.8. The zero-order chi connectivity index (χ0) is 21.0. The Hall–Kier alpha value is -3.95. The molecule has 0 spiro atoms. The van der Waals surface area contributed by atoms with Gasteiger partial charge in [-0.3, -0.25) is 24.3 Å². The molecule has 10 heteroatoms. The molecule has 1 heterocycles. The van der Waals surface area contributed by atoms with Crippen LogP contribution in [-0.4, -0.2) is 21.4 Å². The number of nitrogens with two attached hydrogens (primary N) is 1. The van der Waals surface area contributed by atoms with Gasteiger partial charge in [0, 0.05) is 24.6 Å². The van der Waals surface area contributed by atoms with Gasteiger partial charge in [-0.05, 0) is 30.2 Å². The van der Waals surface area contributed by atoms with Gasteiger partial charge in [-0.2, -0.15) is 0 Å². The van der Waals surface area contributed by atoms with Crippen molar-refractivity contribution in [2.45, 2.75) is 26.0 Å². The van der Waals surface area contributed by atoms with Crippen molar-refractivity contribution in [2.75, 3.05) is 0 Å². The Kier molecular flexibility index (Phi) is 5.72. The van der Waals surface area contributed by atoms with E-state index in [2.05, 4.69) is 0 Å². The molecular formula is C19H17N3O7. The molecule has 0 radical (unpaired) electrons. The highest BCUT2D eigenvalue weighted by Gasteiger charge is 2.14. The van der Waals surface area contributed by atoms with Crippen molar-refractivity contribution in [1.82, 2.24) is 4.57 Å². The number of hydrogen-bond donors (Lipinski definition) is 1. The standard InChI is InChI=1S/C19H17N3O7/c20-18(24)13-5-3-12(4-6-13)11-28-17(23)2-1-9-21-15-8-7-14(22(26)27)10-16(15)29-19(21)25/h3-8,10H,1-2,9,11H2,(H2,20,24). The van der Waals surface area contributed by atoms with Crippen molar-refractivity contribution >= 4 is 28.7 Å². The van der Waals surface area contributed by atoms with E-state index in [9.17, 15) is 24.5 Å². The minimum absolute atomic E-state index is 0.0517. The highest BCUT2D eigenvalue weighted by Crippen LogP contribution is 2.20. The maximum absolute atomic E-state index is 12.0. The molecule has 1 aromatic heterocycles. The minimum Gasteiger partial charge on any atom is -0.461 e. The van der Waals surface area contributed by atoms with E-state index >= 15 is 0 Å². The molecule has 0 saturated carbocycles. The van der Waals surface area contributed by atoms with Crippen molar-refractivity contribution in [3.63, 3.8) is 0 Å². The topological polar surface area (TPSA) is 148 Å². The molecule has 0 aliphatic carbocycles. The van der Waals surface area contributed by atoms with Crippen LogP contribution in [0.2, 0.25) is 0 Å². The number of oxazole rings is 1. The lowest BCUT2D eigenvalue weighted by atomic mass is 10.1. The quantitative estimate of drug-likeness (QED) is 0.346. The molecule has 1 amide bonds. The number of aromatic nitrogens is 1. The second-order valence-corrected chi connectivity index (χ2v) is 6.25. The Labute approximate surface area is 163 Å². The van der Waals surface area contributed by atoms with Crippen molar-refractivity contribution in [3.05, 3.63) is 74.3 Å². The monoisotopic (exact) mass is 399 g/mol. The number of primary amides is 1. The van der Waals surface area contributed by atoms with E-state index < -0.39 is 22.6 Å². The first-order valence-electron chi connectivity index (χ1n) is 8.67. The molecule has 3 aromatic rings. The van der Waals surface area contributed by atoms with E-state index in [0.29, 0.717) is 23.1 Å². The summed E-state index contributed by atoms with van der Waals surface area (Å²) in [6.45, 7) is 0.252. The predicted octanol–water partition coefficient (Wildman–Crippen LogP) is 2.13. The molecule has 10 nitrogen and oxygen atoms in total. The molecule has 0 saturated heterocycles. The van der Waals surface area contributed by atoms with Gasteiger partial charge >= 0.3 is 11.7 Å². The highest BCUT2D eigenvalue weighted by atomic mass is 16.6. The minimum atomic E-state index is -0.650. The normalized spacial score (nSPS) is 10.8. The molecular weight excluding hydrogens is 382 g/mol. The Morgan fingerprint density at radius 3 is 2.55 bits per heavy atom. The van der Waals surface area contributed by atoms with Crippen molar-refractivity contribution in [3.8, 4) is 0 Å². The number of ether oxygens (including phenoxy) is 1. The first-order chi connectivity index (χ1) is 13.8. The van der Waals surface area contributed by atoms with Crippen LogP contribution >= 0.6 is 0 Å². The van der Waals surface area contributed by atoms with Crippen LogP contribution in [0.4, 0.5) is 5.69 Å². The summed E-state index contributed by atoms with van der Waals surface area (Å²) < 4.78 is 11.5. The van der Waals surface area contributed by atoms with Crippen LogP contribution in [0.3, 0.4) is 0 Å². The molecule has 0 bridgehead atoms. The number of carbonyl (C=O) groups is 2. The highest BCUT2D eigenvalue weighted by molar-refractivity contribution is 5.92. The van der Waals surface area contributed by atoms with Crippen LogP contribution in [-0.2, 0) is 22.7 Å². The number of fused-ring (bicyclic) bond motifs is 1. The number of hydrogen-bond acceptors (Lipinski definition) is 7. The lowest BCUT2D eigenvalue weighted by Gasteiger charge is -2.06. The number of amides is 1. The summed E-state index contributed by atoms with van der Waals surface area (Å²) in [6.07, 6.45) is 0.399.